The second kappa shape index (κ2) is 4.64. The van der Waals surface area contributed by atoms with Crippen LogP contribution in [-0.2, 0) is 0 Å². The highest BCUT2D eigenvalue weighted by atomic mass is 35.5. The predicted octanol–water partition coefficient (Wildman–Crippen LogP) is 1.65. The molecule has 3 nitrogen and oxygen atoms in total. The monoisotopic (exact) mass is 215 g/mol. The molecule has 78 valence electrons. The van der Waals surface area contributed by atoms with E-state index in [1.54, 1.807) is 7.11 Å². The minimum Gasteiger partial charge on any atom is -0.495 e. The number of aliphatic hydroxyl groups is 1. The highest BCUT2D eigenvalue weighted by molar-refractivity contribution is 6.32. The zero-order chi connectivity index (χ0) is 10.7. The molecule has 0 aromatic heterocycles. The molecule has 0 radical (unpaired) electrons. The van der Waals surface area contributed by atoms with E-state index in [-0.39, 0.29) is 6.61 Å². The van der Waals surface area contributed by atoms with E-state index in [2.05, 4.69) is 0 Å². The van der Waals surface area contributed by atoms with Gasteiger partial charge in [0.15, 0.2) is 0 Å². The molecule has 0 heterocycles. The third-order valence-corrected chi connectivity index (χ3v) is 2.43. The average molecular weight is 216 g/mol. The molecule has 1 rings (SSSR count). The van der Waals surface area contributed by atoms with Gasteiger partial charge >= 0.3 is 0 Å². The first kappa shape index (κ1) is 11.3. The van der Waals surface area contributed by atoms with Gasteiger partial charge in [-0.05, 0) is 24.1 Å². The molecule has 0 saturated heterocycles. The topological polar surface area (TPSA) is 55.5 Å². The molecule has 0 aliphatic heterocycles. The number of nitrogens with two attached hydrogens (primary N) is 1. The number of hydrogen-bond donors (Lipinski definition) is 2. The van der Waals surface area contributed by atoms with Gasteiger partial charge in [0.2, 0.25) is 0 Å². The first-order valence-corrected chi connectivity index (χ1v) is 4.68. The Morgan fingerprint density at radius 3 is 2.71 bits per heavy atom. The van der Waals surface area contributed by atoms with Crippen LogP contribution < -0.4 is 10.5 Å². The van der Waals surface area contributed by atoms with Crippen LogP contribution in [0.25, 0.3) is 0 Å². The first-order valence-electron chi connectivity index (χ1n) is 4.30. The molecule has 1 unspecified atom stereocenters. The summed E-state index contributed by atoms with van der Waals surface area (Å²) in [5.41, 5.74) is 7.42. The molecule has 0 aliphatic rings. The molecule has 4 heteroatoms. The van der Waals surface area contributed by atoms with Crippen molar-refractivity contribution in [2.75, 3.05) is 13.7 Å². The largest absolute Gasteiger partial charge is 0.495 e. The van der Waals surface area contributed by atoms with E-state index in [1.165, 1.54) is 0 Å². The number of halogens is 1. The fraction of sp³-hybridized carbons (Fsp3) is 0.400. The number of aliphatic hydroxyl groups excluding tert-OH is 1. The predicted molar refractivity (Wildman–Crippen MR) is 56.8 cm³/mol. The fourth-order valence-electron chi connectivity index (χ4n) is 1.28. The third kappa shape index (κ3) is 2.18. The van der Waals surface area contributed by atoms with Crippen molar-refractivity contribution in [1.82, 2.24) is 0 Å². The van der Waals surface area contributed by atoms with Crippen LogP contribution in [0.3, 0.4) is 0 Å². The molecule has 1 aromatic carbocycles. The Balaban J connectivity index is 3.21. The molecule has 0 amide bonds. The summed E-state index contributed by atoms with van der Waals surface area (Å²) in [5.74, 6) is 0.588. The Labute approximate surface area is 88.4 Å². The molecule has 0 saturated carbocycles. The van der Waals surface area contributed by atoms with Crippen molar-refractivity contribution in [2.45, 2.75) is 13.0 Å². The SMILES string of the molecule is COc1cc(C)cc(C(N)CO)c1Cl. The number of hydrogen-bond acceptors (Lipinski definition) is 3. The molecule has 0 spiro atoms. The number of rotatable bonds is 3. The molecule has 0 fully saturated rings. The Kier molecular flexibility index (Phi) is 3.75. The van der Waals surface area contributed by atoms with Crippen LogP contribution in [-0.4, -0.2) is 18.8 Å². The maximum Gasteiger partial charge on any atom is 0.138 e. The lowest BCUT2D eigenvalue weighted by Crippen LogP contribution is -2.15. The van der Waals surface area contributed by atoms with E-state index in [4.69, 9.17) is 27.2 Å². The first-order chi connectivity index (χ1) is 6.60. The maximum absolute atomic E-state index is 8.94. The van der Waals surface area contributed by atoms with Gasteiger partial charge < -0.3 is 15.6 Å². The summed E-state index contributed by atoms with van der Waals surface area (Å²) < 4.78 is 5.09. The quantitative estimate of drug-likeness (QED) is 0.806. The van der Waals surface area contributed by atoms with Crippen LogP contribution in [0, 0.1) is 6.92 Å². The van der Waals surface area contributed by atoms with Crippen LogP contribution in [0.4, 0.5) is 0 Å². The third-order valence-electron chi connectivity index (χ3n) is 2.03. The smallest absolute Gasteiger partial charge is 0.138 e. The van der Waals surface area contributed by atoms with Gasteiger partial charge in [-0.15, -0.1) is 0 Å². The van der Waals surface area contributed by atoms with Crippen molar-refractivity contribution in [2.24, 2.45) is 5.73 Å². The van der Waals surface area contributed by atoms with E-state index in [0.717, 1.165) is 5.56 Å². The summed E-state index contributed by atoms with van der Waals surface area (Å²) in [4.78, 5) is 0. The summed E-state index contributed by atoms with van der Waals surface area (Å²) in [7, 11) is 1.55. The van der Waals surface area contributed by atoms with Crippen LogP contribution in [0.5, 0.6) is 5.75 Å². The minimum atomic E-state index is -0.462. The fourth-order valence-corrected chi connectivity index (χ4v) is 1.61. The van der Waals surface area contributed by atoms with Crippen LogP contribution in [0.2, 0.25) is 5.02 Å². The molecule has 0 bridgehead atoms. The molecule has 1 atom stereocenters. The summed E-state index contributed by atoms with van der Waals surface area (Å²) >= 11 is 6.04. The Morgan fingerprint density at radius 1 is 1.57 bits per heavy atom. The van der Waals surface area contributed by atoms with Gasteiger partial charge in [-0.2, -0.15) is 0 Å². The number of methoxy groups -OCH3 is 1. The number of benzene rings is 1. The highest BCUT2D eigenvalue weighted by Gasteiger charge is 2.13. The van der Waals surface area contributed by atoms with Crippen molar-refractivity contribution < 1.29 is 9.84 Å². The Bertz CT molecular complexity index is 328. The minimum absolute atomic E-state index is 0.133. The van der Waals surface area contributed by atoms with Crippen molar-refractivity contribution >= 4 is 11.6 Å². The van der Waals surface area contributed by atoms with E-state index < -0.39 is 6.04 Å². The van der Waals surface area contributed by atoms with Crippen molar-refractivity contribution in [3.63, 3.8) is 0 Å². The zero-order valence-electron chi connectivity index (χ0n) is 8.25. The Morgan fingerprint density at radius 2 is 2.21 bits per heavy atom. The van der Waals surface area contributed by atoms with Crippen LogP contribution in [0.15, 0.2) is 12.1 Å². The van der Waals surface area contributed by atoms with Gasteiger partial charge in [-0.1, -0.05) is 17.7 Å². The molecule has 1 aromatic rings. The molecular formula is C10H14ClNO2. The maximum atomic E-state index is 8.94. The van der Waals surface area contributed by atoms with Crippen LogP contribution in [0.1, 0.15) is 17.2 Å². The lowest BCUT2D eigenvalue weighted by atomic mass is 10.0. The molecular weight excluding hydrogens is 202 g/mol. The lowest BCUT2D eigenvalue weighted by molar-refractivity contribution is 0.267. The number of aryl methyl sites for hydroxylation is 1. The van der Waals surface area contributed by atoms with E-state index in [9.17, 15) is 0 Å². The van der Waals surface area contributed by atoms with E-state index in [0.29, 0.717) is 16.3 Å². The Hall–Kier alpha value is -0.770. The average Bonchev–Trinajstić information content (AvgIpc) is 2.19. The highest BCUT2D eigenvalue weighted by Crippen LogP contribution is 2.32. The second-order valence-corrected chi connectivity index (χ2v) is 3.54. The van der Waals surface area contributed by atoms with E-state index >= 15 is 0 Å². The standard InChI is InChI=1S/C10H14ClNO2/c1-6-3-7(8(12)5-13)10(11)9(4-6)14-2/h3-4,8,13H,5,12H2,1-2H3. The normalized spacial score (nSPS) is 12.6. The van der Waals surface area contributed by atoms with Gasteiger partial charge in [0, 0.05) is 0 Å². The van der Waals surface area contributed by atoms with Gasteiger partial charge in [0.05, 0.1) is 24.8 Å². The van der Waals surface area contributed by atoms with E-state index in [1.807, 2.05) is 19.1 Å². The van der Waals surface area contributed by atoms with Gasteiger partial charge in [0.1, 0.15) is 5.75 Å². The summed E-state index contributed by atoms with van der Waals surface area (Å²) in [6.07, 6.45) is 0. The molecule has 0 aliphatic carbocycles. The van der Waals surface area contributed by atoms with Gasteiger partial charge in [-0.25, -0.2) is 0 Å². The summed E-state index contributed by atoms with van der Waals surface area (Å²) in [5, 5.41) is 9.41. The second-order valence-electron chi connectivity index (χ2n) is 3.16. The summed E-state index contributed by atoms with van der Waals surface area (Å²) in [6.45, 7) is 1.79. The van der Waals surface area contributed by atoms with Gasteiger partial charge in [0.25, 0.3) is 0 Å². The summed E-state index contributed by atoms with van der Waals surface area (Å²) in [6, 6.07) is 3.22. The number of ether oxygens (including phenoxy) is 1. The van der Waals surface area contributed by atoms with Crippen molar-refractivity contribution in [1.29, 1.82) is 0 Å². The van der Waals surface area contributed by atoms with Crippen LogP contribution >= 0.6 is 11.6 Å². The molecule has 3 N–H and O–H groups in total. The zero-order valence-corrected chi connectivity index (χ0v) is 9.01. The van der Waals surface area contributed by atoms with Gasteiger partial charge in [-0.3, -0.25) is 0 Å². The lowest BCUT2D eigenvalue weighted by Gasteiger charge is -2.14. The molecule has 14 heavy (non-hydrogen) atoms. The van der Waals surface area contributed by atoms with Crippen molar-refractivity contribution in [3.05, 3.63) is 28.3 Å². The van der Waals surface area contributed by atoms with Crippen molar-refractivity contribution in [3.8, 4) is 5.75 Å².